The van der Waals surface area contributed by atoms with E-state index in [9.17, 15) is 21.6 Å². The molecule has 0 aliphatic rings. The summed E-state index contributed by atoms with van der Waals surface area (Å²) in [7, 11) is -4.05. The van der Waals surface area contributed by atoms with Crippen LogP contribution in [-0.2, 0) is 24.8 Å². The number of primary amides is 1. The van der Waals surface area contributed by atoms with Gasteiger partial charge in [-0.3, -0.25) is 4.79 Å². The van der Waals surface area contributed by atoms with Gasteiger partial charge in [-0.2, -0.15) is 13.9 Å². The number of amides is 1. The number of nitrogens with zero attached hydrogens (tertiary/aromatic N) is 3. The topological polar surface area (TPSA) is 142 Å². The predicted molar refractivity (Wildman–Crippen MR) is 97.4 cm³/mol. The first-order valence-corrected chi connectivity index (χ1v) is 10.6. The van der Waals surface area contributed by atoms with Crippen molar-refractivity contribution in [1.82, 2.24) is 8.61 Å². The largest absolute Gasteiger partial charge is 0.369 e. The first-order chi connectivity index (χ1) is 10.8. The van der Waals surface area contributed by atoms with Crippen molar-refractivity contribution in [1.29, 1.82) is 5.26 Å². The minimum Gasteiger partial charge on any atom is -0.369 e. The van der Waals surface area contributed by atoms with E-state index in [0.717, 1.165) is 4.31 Å². The maximum atomic E-state index is 11.4. The molecule has 0 saturated heterocycles. The summed E-state index contributed by atoms with van der Waals surface area (Å²) in [5.74, 6) is -1.93. The van der Waals surface area contributed by atoms with Crippen LogP contribution < -0.4 is 5.73 Å². The molecule has 0 bridgehead atoms. The molecule has 0 fully saturated rings. The number of carbonyl (C=O) groups is 1. The number of nitrogens with two attached hydrogens (primary N) is 1. The molecular formula is C14H30N4O5S2. The van der Waals surface area contributed by atoms with Gasteiger partial charge in [0.05, 0.1) is 6.07 Å². The molecule has 11 heteroatoms. The fourth-order valence-corrected chi connectivity index (χ4v) is 3.87. The lowest BCUT2D eigenvalue weighted by molar-refractivity contribution is -0.115. The third-order valence-electron chi connectivity index (χ3n) is 3.30. The molecule has 0 rings (SSSR count). The molecule has 0 atom stereocenters. The molecule has 0 unspecified atom stereocenters. The lowest BCUT2D eigenvalue weighted by Gasteiger charge is -2.30. The Kier molecular flexibility index (Phi) is 9.30. The zero-order valence-electron chi connectivity index (χ0n) is 16.2. The van der Waals surface area contributed by atoms with Crippen molar-refractivity contribution < 1.29 is 21.6 Å². The molecule has 2 N–H and O–H groups in total. The van der Waals surface area contributed by atoms with Crippen LogP contribution in [0.15, 0.2) is 0 Å². The van der Waals surface area contributed by atoms with Gasteiger partial charge in [-0.25, -0.2) is 16.8 Å². The van der Waals surface area contributed by atoms with Crippen molar-refractivity contribution >= 4 is 26.0 Å². The highest BCUT2D eigenvalue weighted by Crippen LogP contribution is 2.15. The van der Waals surface area contributed by atoms with Gasteiger partial charge in [-0.05, 0) is 41.5 Å². The van der Waals surface area contributed by atoms with Gasteiger partial charge in [0.15, 0.2) is 5.75 Å². The molecule has 1 amide bonds. The second-order valence-corrected chi connectivity index (χ2v) is 11.4. The van der Waals surface area contributed by atoms with Gasteiger partial charge in [-0.1, -0.05) is 0 Å². The van der Waals surface area contributed by atoms with E-state index >= 15 is 0 Å². The molecule has 9 nitrogen and oxygen atoms in total. The van der Waals surface area contributed by atoms with Gasteiger partial charge >= 0.3 is 0 Å². The molecule has 0 spiro atoms. The van der Waals surface area contributed by atoms with E-state index in [-0.39, 0.29) is 0 Å². The van der Waals surface area contributed by atoms with Crippen molar-refractivity contribution in [2.45, 2.75) is 52.6 Å². The van der Waals surface area contributed by atoms with Gasteiger partial charge in [0, 0.05) is 25.2 Å². The van der Waals surface area contributed by atoms with E-state index in [0.29, 0.717) is 0 Å². The minimum atomic E-state index is -3.56. The average molecular weight is 399 g/mol. The molecular weight excluding hydrogens is 368 g/mol. The number of hydrogen-bond acceptors (Lipinski definition) is 6. The number of hydrogen-bond donors (Lipinski definition) is 1. The van der Waals surface area contributed by atoms with E-state index in [1.165, 1.54) is 18.4 Å². The standard InChI is InChI=1S/C7H16N2O3S.C7H14N2O2S/c1-7(2,3)9(4)13(11,12)5-6(8)10;1-7(2,3)9(4)12(10,11)6-5-8/h5H2,1-4H3,(H2,8,10);6H2,1-4H3. The molecule has 0 aromatic heterocycles. The zero-order chi connectivity index (χ0) is 20.9. The van der Waals surface area contributed by atoms with Crippen molar-refractivity contribution in [3.05, 3.63) is 0 Å². The normalized spacial score (nSPS) is 13.2. The third kappa shape index (κ3) is 9.74. The third-order valence-corrected chi connectivity index (χ3v) is 7.20. The summed E-state index contributed by atoms with van der Waals surface area (Å²) < 4.78 is 47.7. The fourth-order valence-electron chi connectivity index (χ4n) is 1.29. The minimum absolute atomic E-state index is 0.458. The van der Waals surface area contributed by atoms with E-state index in [1.807, 2.05) is 0 Å². The Morgan fingerprint density at radius 2 is 1.24 bits per heavy atom. The van der Waals surface area contributed by atoms with Crippen molar-refractivity contribution in [3.8, 4) is 6.07 Å². The number of carbonyl (C=O) groups excluding carboxylic acids is 1. The van der Waals surface area contributed by atoms with Crippen LogP contribution in [0.2, 0.25) is 0 Å². The Bertz CT molecular complexity index is 695. The van der Waals surface area contributed by atoms with Gasteiger partial charge in [0.2, 0.25) is 26.0 Å². The molecule has 0 aromatic rings. The molecule has 0 aliphatic carbocycles. The van der Waals surface area contributed by atoms with Crippen LogP contribution in [0.25, 0.3) is 0 Å². The van der Waals surface area contributed by atoms with Crippen LogP contribution in [-0.4, -0.2) is 68.0 Å². The van der Waals surface area contributed by atoms with Crippen LogP contribution in [0, 0.1) is 11.3 Å². The highest BCUT2D eigenvalue weighted by molar-refractivity contribution is 7.89. The maximum absolute atomic E-state index is 11.4. The van der Waals surface area contributed by atoms with Crippen LogP contribution in [0.5, 0.6) is 0 Å². The fraction of sp³-hybridized carbons (Fsp3) is 0.857. The van der Waals surface area contributed by atoms with Crippen LogP contribution in [0.3, 0.4) is 0 Å². The first-order valence-electron chi connectivity index (χ1n) is 7.37. The Hall–Kier alpha value is -1.22. The van der Waals surface area contributed by atoms with Crippen LogP contribution in [0.4, 0.5) is 0 Å². The number of rotatable bonds is 5. The molecule has 0 saturated carbocycles. The molecule has 0 aliphatic heterocycles. The van der Waals surface area contributed by atoms with Gasteiger partial charge in [0.25, 0.3) is 0 Å². The predicted octanol–water partition coefficient (Wildman–Crippen LogP) is 0.102. The summed E-state index contributed by atoms with van der Waals surface area (Å²) in [6.45, 7) is 10.6. The van der Waals surface area contributed by atoms with Gasteiger partial charge in [0.1, 0.15) is 5.75 Å². The Labute approximate surface area is 151 Å². The zero-order valence-corrected chi connectivity index (χ0v) is 17.8. The molecule has 0 heterocycles. The smallest absolute Gasteiger partial charge is 0.234 e. The van der Waals surface area contributed by atoms with Crippen molar-refractivity contribution in [3.63, 3.8) is 0 Å². The lowest BCUT2D eigenvalue weighted by atomic mass is 10.1. The maximum Gasteiger partial charge on any atom is 0.234 e. The highest BCUT2D eigenvalue weighted by Gasteiger charge is 2.30. The van der Waals surface area contributed by atoms with E-state index in [2.05, 4.69) is 0 Å². The second kappa shape index (κ2) is 8.93. The summed E-state index contributed by atoms with van der Waals surface area (Å²) in [6.07, 6.45) is 0. The molecule has 0 aromatic carbocycles. The summed E-state index contributed by atoms with van der Waals surface area (Å²) in [5, 5.41) is 8.26. The molecule has 0 radical (unpaired) electrons. The quantitative estimate of drug-likeness (QED) is 0.696. The molecule has 25 heavy (non-hydrogen) atoms. The Morgan fingerprint density at radius 1 is 0.920 bits per heavy atom. The summed E-state index contributed by atoms with van der Waals surface area (Å²) in [5.41, 5.74) is 3.82. The van der Waals surface area contributed by atoms with Crippen LogP contribution in [0.1, 0.15) is 41.5 Å². The molecule has 148 valence electrons. The first kappa shape index (κ1) is 26.0. The number of sulfonamides is 2. The van der Waals surface area contributed by atoms with Gasteiger partial charge < -0.3 is 5.73 Å². The monoisotopic (exact) mass is 398 g/mol. The van der Waals surface area contributed by atoms with E-state index in [4.69, 9.17) is 11.0 Å². The van der Waals surface area contributed by atoms with Crippen molar-refractivity contribution in [2.24, 2.45) is 5.73 Å². The van der Waals surface area contributed by atoms with Crippen molar-refractivity contribution in [2.75, 3.05) is 25.6 Å². The summed E-state index contributed by atoms with van der Waals surface area (Å²) >= 11 is 0. The SMILES string of the molecule is CN(C(C)(C)C)S(=O)(=O)CC#N.CN(C(C)(C)C)S(=O)(=O)CC(N)=O. The Morgan fingerprint density at radius 3 is 1.48 bits per heavy atom. The van der Waals surface area contributed by atoms with E-state index in [1.54, 1.807) is 47.6 Å². The number of nitriles is 1. The van der Waals surface area contributed by atoms with E-state index < -0.39 is 48.5 Å². The average Bonchev–Trinajstić information content (AvgIpc) is 2.33. The van der Waals surface area contributed by atoms with Gasteiger partial charge in [-0.15, -0.1) is 0 Å². The highest BCUT2D eigenvalue weighted by atomic mass is 32.2. The van der Waals surface area contributed by atoms with Crippen LogP contribution >= 0.6 is 0 Å². The summed E-state index contributed by atoms with van der Waals surface area (Å²) in [6, 6.07) is 1.63. The second-order valence-electron chi connectivity index (χ2n) is 7.41. The Balaban J connectivity index is 0. The lowest BCUT2D eigenvalue weighted by Crippen LogP contribution is -2.45. The summed E-state index contributed by atoms with van der Waals surface area (Å²) in [4.78, 5) is 10.5.